The molecular formula is C17H27N4O4+. The molecule has 25 heavy (non-hydrogen) atoms. The normalized spacial score (nSPS) is 11.3. The molecule has 0 spiro atoms. The number of likely N-dealkylation sites (N-methyl/N-ethyl adjacent to an activating group) is 2. The number of nitrogens with one attached hydrogen (secondary N) is 4. The molecule has 4 N–H and O–H groups in total. The summed E-state index contributed by atoms with van der Waals surface area (Å²) in [5, 5.41) is 7.94. The van der Waals surface area contributed by atoms with Gasteiger partial charge in [-0.25, -0.2) is 0 Å². The van der Waals surface area contributed by atoms with Gasteiger partial charge in [0.25, 0.3) is 11.8 Å². The van der Waals surface area contributed by atoms with Gasteiger partial charge in [-0.15, -0.1) is 0 Å². The number of hydrogen-bond acceptors (Lipinski definition) is 4. The highest BCUT2D eigenvalue weighted by Crippen LogP contribution is 2.16. The highest BCUT2D eigenvalue weighted by atomic mass is 16.5. The molecule has 1 aromatic carbocycles. The number of carbonyl (C=O) groups excluding carboxylic acids is 3. The van der Waals surface area contributed by atoms with Gasteiger partial charge in [-0.3, -0.25) is 14.4 Å². The lowest BCUT2D eigenvalue weighted by molar-refractivity contribution is -0.881. The summed E-state index contributed by atoms with van der Waals surface area (Å²) in [6.45, 7) is 5.06. The average molecular weight is 351 g/mol. The van der Waals surface area contributed by atoms with Gasteiger partial charge < -0.3 is 25.6 Å². The maximum absolute atomic E-state index is 12.1. The maximum Gasteiger partial charge on any atom is 0.279 e. The molecule has 0 saturated carbocycles. The Morgan fingerprint density at radius 1 is 1.04 bits per heavy atom. The Labute approximate surface area is 147 Å². The number of anilines is 1. The number of rotatable bonds is 10. The zero-order valence-electron chi connectivity index (χ0n) is 15.0. The Balaban J connectivity index is 2.44. The molecule has 1 unspecified atom stereocenters. The molecule has 1 atom stereocenters. The van der Waals surface area contributed by atoms with Gasteiger partial charge in [-0.2, -0.15) is 0 Å². The summed E-state index contributed by atoms with van der Waals surface area (Å²) in [6, 6.07) is 7.07. The summed E-state index contributed by atoms with van der Waals surface area (Å²) in [5.41, 5.74) is 0.639. The van der Waals surface area contributed by atoms with Crippen LogP contribution in [0.3, 0.4) is 0 Å². The van der Waals surface area contributed by atoms with Crippen LogP contribution in [0.2, 0.25) is 0 Å². The summed E-state index contributed by atoms with van der Waals surface area (Å²) in [6.07, 6.45) is 0. The van der Waals surface area contributed by atoms with E-state index in [4.69, 9.17) is 4.74 Å². The van der Waals surface area contributed by atoms with Crippen molar-refractivity contribution in [1.82, 2.24) is 10.6 Å². The number of carbonyl (C=O) groups is 3. The quantitative estimate of drug-likeness (QED) is 0.425. The van der Waals surface area contributed by atoms with Crippen molar-refractivity contribution < 1.29 is 24.0 Å². The van der Waals surface area contributed by atoms with Gasteiger partial charge in [0.2, 0.25) is 5.91 Å². The van der Waals surface area contributed by atoms with Crippen molar-refractivity contribution in [2.45, 2.75) is 13.8 Å². The summed E-state index contributed by atoms with van der Waals surface area (Å²) < 4.78 is 5.11. The van der Waals surface area contributed by atoms with E-state index in [0.717, 1.165) is 4.90 Å². The lowest BCUT2D eigenvalue weighted by Crippen LogP contribution is -3.14. The van der Waals surface area contributed by atoms with Crippen molar-refractivity contribution in [3.8, 4) is 5.75 Å². The van der Waals surface area contributed by atoms with Crippen LogP contribution in [0.1, 0.15) is 13.8 Å². The van der Waals surface area contributed by atoms with Crippen LogP contribution in [-0.2, 0) is 14.4 Å². The number of hydrogen-bond donors (Lipinski definition) is 4. The molecule has 0 radical (unpaired) electrons. The van der Waals surface area contributed by atoms with Crippen LogP contribution in [-0.4, -0.2) is 57.6 Å². The average Bonchev–Trinajstić information content (AvgIpc) is 2.59. The second-order valence-electron chi connectivity index (χ2n) is 5.47. The van der Waals surface area contributed by atoms with E-state index in [2.05, 4.69) is 16.0 Å². The lowest BCUT2D eigenvalue weighted by Gasteiger charge is -2.17. The van der Waals surface area contributed by atoms with Gasteiger partial charge in [-0.05, 0) is 26.0 Å². The minimum Gasteiger partial charge on any atom is -0.497 e. The van der Waals surface area contributed by atoms with Gasteiger partial charge in [0.15, 0.2) is 13.1 Å². The van der Waals surface area contributed by atoms with Crippen LogP contribution < -0.4 is 25.6 Å². The molecular weight excluding hydrogens is 324 g/mol. The van der Waals surface area contributed by atoms with Crippen LogP contribution in [0.25, 0.3) is 0 Å². The predicted molar refractivity (Wildman–Crippen MR) is 94.6 cm³/mol. The number of methoxy groups -OCH3 is 1. The van der Waals surface area contributed by atoms with E-state index in [9.17, 15) is 14.4 Å². The van der Waals surface area contributed by atoms with Gasteiger partial charge in [0.1, 0.15) is 5.75 Å². The van der Waals surface area contributed by atoms with E-state index in [-0.39, 0.29) is 37.4 Å². The topological polar surface area (TPSA) is 101 Å². The van der Waals surface area contributed by atoms with Crippen molar-refractivity contribution >= 4 is 23.4 Å². The molecule has 1 rings (SSSR count). The van der Waals surface area contributed by atoms with E-state index in [1.807, 2.05) is 13.8 Å². The van der Waals surface area contributed by atoms with Crippen molar-refractivity contribution in [3.63, 3.8) is 0 Å². The van der Waals surface area contributed by atoms with E-state index >= 15 is 0 Å². The van der Waals surface area contributed by atoms with Gasteiger partial charge in [-0.1, -0.05) is 6.07 Å². The standard InChI is InChI=1S/C17H26N4O4/c1-4-18-15(22)10-19-16(23)11-21(5-2)12-17(24)20-13-7-6-8-14(9-13)25-3/h6-9H,4-5,10-12H2,1-3H3,(H,18,22)(H,19,23)(H,20,24)/p+1. The lowest BCUT2D eigenvalue weighted by atomic mass is 10.3. The van der Waals surface area contributed by atoms with E-state index < -0.39 is 0 Å². The molecule has 3 amide bonds. The fourth-order valence-electron chi connectivity index (χ4n) is 2.17. The van der Waals surface area contributed by atoms with Gasteiger partial charge in [0.05, 0.1) is 20.2 Å². The predicted octanol–water partition coefficient (Wildman–Crippen LogP) is -1.21. The molecule has 0 aromatic heterocycles. The first kappa shape index (κ1) is 20.4. The van der Waals surface area contributed by atoms with Crippen LogP contribution in [0.4, 0.5) is 5.69 Å². The number of ether oxygens (including phenoxy) is 1. The first-order valence-electron chi connectivity index (χ1n) is 8.29. The Morgan fingerprint density at radius 2 is 1.76 bits per heavy atom. The molecule has 0 saturated heterocycles. The van der Waals surface area contributed by atoms with E-state index in [1.54, 1.807) is 31.4 Å². The fraction of sp³-hybridized carbons (Fsp3) is 0.471. The largest absolute Gasteiger partial charge is 0.497 e. The first-order valence-corrected chi connectivity index (χ1v) is 8.29. The third-order valence-corrected chi connectivity index (χ3v) is 3.49. The number of amides is 3. The molecule has 138 valence electrons. The molecule has 8 heteroatoms. The zero-order valence-corrected chi connectivity index (χ0v) is 15.0. The minimum atomic E-state index is -0.266. The Kier molecular flexibility index (Phi) is 9.02. The molecule has 0 aliphatic rings. The Hall–Kier alpha value is -2.61. The summed E-state index contributed by atoms with van der Waals surface area (Å²) in [7, 11) is 1.56. The Morgan fingerprint density at radius 3 is 2.40 bits per heavy atom. The minimum absolute atomic E-state index is 0.0559. The van der Waals surface area contributed by atoms with Crippen molar-refractivity contribution in [1.29, 1.82) is 0 Å². The molecule has 0 aliphatic heterocycles. The maximum atomic E-state index is 12.1. The van der Waals surface area contributed by atoms with Crippen LogP contribution in [0, 0.1) is 0 Å². The monoisotopic (exact) mass is 351 g/mol. The molecule has 0 bridgehead atoms. The third-order valence-electron chi connectivity index (χ3n) is 3.49. The fourth-order valence-corrected chi connectivity index (χ4v) is 2.17. The highest BCUT2D eigenvalue weighted by Gasteiger charge is 2.17. The van der Waals surface area contributed by atoms with Gasteiger partial charge >= 0.3 is 0 Å². The molecule has 8 nitrogen and oxygen atoms in total. The molecule has 0 aliphatic carbocycles. The highest BCUT2D eigenvalue weighted by molar-refractivity contribution is 5.91. The SMILES string of the molecule is CCNC(=O)CNC(=O)C[NH+](CC)CC(=O)Nc1cccc(OC)c1. The molecule has 1 aromatic rings. The van der Waals surface area contributed by atoms with Crippen molar-refractivity contribution in [2.75, 3.05) is 45.2 Å². The first-order chi connectivity index (χ1) is 12.0. The summed E-state index contributed by atoms with van der Waals surface area (Å²) in [4.78, 5) is 36.2. The van der Waals surface area contributed by atoms with E-state index in [0.29, 0.717) is 24.5 Å². The Bertz CT molecular complexity index is 592. The zero-order chi connectivity index (χ0) is 18.7. The number of quaternary nitrogens is 1. The van der Waals surface area contributed by atoms with Crippen molar-refractivity contribution in [3.05, 3.63) is 24.3 Å². The van der Waals surface area contributed by atoms with E-state index in [1.165, 1.54) is 0 Å². The number of benzene rings is 1. The molecule has 0 fully saturated rings. The summed E-state index contributed by atoms with van der Waals surface area (Å²) in [5.74, 6) is -0.0363. The summed E-state index contributed by atoms with van der Waals surface area (Å²) >= 11 is 0. The second-order valence-corrected chi connectivity index (χ2v) is 5.47. The third kappa shape index (κ3) is 8.16. The van der Waals surface area contributed by atoms with Crippen LogP contribution in [0.15, 0.2) is 24.3 Å². The van der Waals surface area contributed by atoms with Gasteiger partial charge in [0, 0.05) is 18.3 Å². The molecule has 0 heterocycles. The smallest absolute Gasteiger partial charge is 0.279 e. The second kappa shape index (κ2) is 11.0. The van der Waals surface area contributed by atoms with Crippen LogP contribution in [0.5, 0.6) is 5.75 Å². The van der Waals surface area contributed by atoms with Crippen molar-refractivity contribution in [2.24, 2.45) is 0 Å². The van der Waals surface area contributed by atoms with Crippen LogP contribution >= 0.6 is 0 Å².